The summed E-state index contributed by atoms with van der Waals surface area (Å²) in [6.07, 6.45) is 4.08. The summed E-state index contributed by atoms with van der Waals surface area (Å²) in [5.41, 5.74) is -0.280. The molecular weight excluding hydrogens is 348 g/mol. The Balaban J connectivity index is 2.12. The van der Waals surface area contributed by atoms with Gasteiger partial charge in [0.15, 0.2) is 0 Å². The maximum atomic E-state index is 15.0. The van der Waals surface area contributed by atoms with Gasteiger partial charge in [-0.05, 0) is 58.4 Å². The van der Waals surface area contributed by atoms with Crippen LogP contribution in [0, 0.1) is 5.92 Å². The molecule has 0 aromatic carbocycles. The van der Waals surface area contributed by atoms with Gasteiger partial charge >= 0.3 is 7.12 Å². The smallest absolute Gasteiger partial charge is 0.398 e. The maximum Gasteiger partial charge on any atom is 0.525 e. The molecule has 1 aliphatic carbocycles. The third kappa shape index (κ3) is 3.95. The van der Waals surface area contributed by atoms with Crippen molar-refractivity contribution in [3.8, 4) is 0 Å². The number of nitrogens with one attached hydrogen (secondary N) is 1. The van der Waals surface area contributed by atoms with Gasteiger partial charge in [-0.15, -0.1) is 0 Å². The van der Waals surface area contributed by atoms with E-state index in [1.807, 2.05) is 27.7 Å². The molecule has 3 nitrogen and oxygen atoms in total. The molecule has 2 fully saturated rings. The normalized spacial score (nSPS) is 29.7. The number of alkyl halides is 1. The molecule has 0 aromatic heterocycles. The van der Waals surface area contributed by atoms with Crippen molar-refractivity contribution in [3.63, 3.8) is 0 Å². The summed E-state index contributed by atoms with van der Waals surface area (Å²) in [5, 5.41) is 4.30. The average molecular weight is 376 g/mol. The van der Waals surface area contributed by atoms with Crippen LogP contribution in [-0.2, 0) is 9.31 Å². The van der Waals surface area contributed by atoms with E-state index < -0.39 is 18.3 Å². The van der Waals surface area contributed by atoms with Gasteiger partial charge in [-0.25, -0.2) is 4.39 Å². The first-order valence-electron chi connectivity index (χ1n) is 8.29. The Bertz CT molecular complexity index is 412. The van der Waals surface area contributed by atoms with Crippen LogP contribution >= 0.6 is 15.9 Å². The number of hydrogen-bond donors (Lipinski definition) is 1. The summed E-state index contributed by atoms with van der Waals surface area (Å²) in [6.45, 7) is 9.57. The van der Waals surface area contributed by atoms with Crippen LogP contribution in [0.2, 0.25) is 0 Å². The van der Waals surface area contributed by atoms with Crippen LogP contribution < -0.4 is 5.32 Å². The van der Waals surface area contributed by atoms with Gasteiger partial charge < -0.3 is 14.6 Å². The molecular formula is C16H28BBrFNO2. The summed E-state index contributed by atoms with van der Waals surface area (Å²) >= 11 is 3.41. The van der Waals surface area contributed by atoms with E-state index in [1.165, 1.54) is 6.42 Å². The van der Waals surface area contributed by atoms with Gasteiger partial charge in [0, 0.05) is 18.4 Å². The van der Waals surface area contributed by atoms with Gasteiger partial charge in [0.25, 0.3) is 0 Å². The minimum atomic E-state index is -0.850. The van der Waals surface area contributed by atoms with E-state index in [0.717, 1.165) is 43.3 Å². The van der Waals surface area contributed by atoms with E-state index in [-0.39, 0.29) is 11.6 Å². The van der Waals surface area contributed by atoms with Crippen molar-refractivity contribution in [1.82, 2.24) is 5.32 Å². The standard InChI is InChI=1S/C16H28BBrFNO2/c1-15(2)16(3,4)22-17(21-15)14(19)13-8-6-5-7-12(13)11-20-10-9-18/h12,20H,5-11H2,1-4H3. The van der Waals surface area contributed by atoms with Gasteiger partial charge in [0.1, 0.15) is 5.73 Å². The molecule has 1 unspecified atom stereocenters. The van der Waals surface area contributed by atoms with Crippen LogP contribution in [0.4, 0.5) is 4.39 Å². The lowest BCUT2D eigenvalue weighted by Crippen LogP contribution is -2.41. The number of halogens is 2. The second kappa shape index (κ2) is 7.33. The molecule has 1 atom stereocenters. The quantitative estimate of drug-likeness (QED) is 0.447. The molecule has 1 heterocycles. The second-order valence-corrected chi connectivity index (χ2v) is 8.09. The first kappa shape index (κ1) is 18.4. The van der Waals surface area contributed by atoms with Gasteiger partial charge in [0.2, 0.25) is 0 Å². The van der Waals surface area contributed by atoms with Gasteiger partial charge in [0.05, 0.1) is 11.2 Å². The lowest BCUT2D eigenvalue weighted by Gasteiger charge is -2.32. The van der Waals surface area contributed by atoms with Crippen LogP contribution in [0.3, 0.4) is 0 Å². The molecule has 1 aliphatic heterocycles. The highest BCUT2D eigenvalue weighted by atomic mass is 79.9. The first-order chi connectivity index (χ1) is 10.3. The zero-order valence-electron chi connectivity index (χ0n) is 14.2. The first-order valence-corrected chi connectivity index (χ1v) is 9.41. The summed E-state index contributed by atoms with van der Waals surface area (Å²) in [4.78, 5) is 0. The second-order valence-electron chi connectivity index (χ2n) is 7.30. The molecule has 0 amide bonds. The summed E-state index contributed by atoms with van der Waals surface area (Å²) in [5.74, 6) is 0.256. The van der Waals surface area contributed by atoms with Crippen molar-refractivity contribution in [3.05, 3.63) is 11.3 Å². The predicted octanol–water partition coefficient (Wildman–Crippen LogP) is 4.02. The molecule has 22 heavy (non-hydrogen) atoms. The van der Waals surface area contributed by atoms with Crippen LogP contribution in [-0.4, -0.2) is 36.7 Å². The van der Waals surface area contributed by atoms with Crippen molar-refractivity contribution < 1.29 is 13.7 Å². The van der Waals surface area contributed by atoms with Gasteiger partial charge in [-0.2, -0.15) is 0 Å². The van der Waals surface area contributed by atoms with E-state index in [0.29, 0.717) is 0 Å². The molecule has 0 aromatic rings. The Morgan fingerprint density at radius 3 is 2.50 bits per heavy atom. The number of rotatable bonds is 5. The molecule has 6 heteroatoms. The Kier molecular flexibility index (Phi) is 6.14. The molecule has 2 aliphatic rings. The monoisotopic (exact) mass is 375 g/mol. The molecule has 0 radical (unpaired) electrons. The van der Waals surface area contributed by atoms with E-state index in [1.54, 1.807) is 0 Å². The SMILES string of the molecule is CC1(C)OB(C(F)=C2CCCCC2CNCCBr)OC1(C)C. The minimum absolute atomic E-state index is 0.191. The predicted molar refractivity (Wildman–Crippen MR) is 92.8 cm³/mol. The number of hydrogen-bond acceptors (Lipinski definition) is 3. The third-order valence-electron chi connectivity index (χ3n) is 5.17. The Morgan fingerprint density at radius 1 is 1.27 bits per heavy atom. The van der Waals surface area contributed by atoms with Crippen molar-refractivity contribution in [1.29, 1.82) is 0 Å². The van der Waals surface area contributed by atoms with Gasteiger partial charge in [-0.1, -0.05) is 22.4 Å². The van der Waals surface area contributed by atoms with E-state index in [9.17, 15) is 0 Å². The molecule has 2 rings (SSSR count). The largest absolute Gasteiger partial charge is 0.525 e. The summed E-state index contributed by atoms with van der Waals surface area (Å²) in [7, 11) is -0.850. The van der Waals surface area contributed by atoms with Crippen LogP contribution in [0.15, 0.2) is 11.3 Å². The van der Waals surface area contributed by atoms with Crippen LogP contribution in [0.1, 0.15) is 53.4 Å². The average Bonchev–Trinajstić information content (AvgIpc) is 2.67. The topological polar surface area (TPSA) is 30.5 Å². The maximum absolute atomic E-state index is 15.0. The summed E-state index contributed by atoms with van der Waals surface area (Å²) in [6, 6.07) is 0. The minimum Gasteiger partial charge on any atom is -0.398 e. The Labute approximate surface area is 142 Å². The van der Waals surface area contributed by atoms with Crippen molar-refractivity contribution >= 4 is 23.0 Å². The lowest BCUT2D eigenvalue weighted by molar-refractivity contribution is 0.00578. The summed E-state index contributed by atoms with van der Waals surface area (Å²) < 4.78 is 26.8. The third-order valence-corrected chi connectivity index (χ3v) is 5.57. The lowest BCUT2D eigenvalue weighted by atomic mass is 9.75. The van der Waals surface area contributed by atoms with Crippen LogP contribution in [0.25, 0.3) is 0 Å². The molecule has 0 bridgehead atoms. The highest BCUT2D eigenvalue weighted by Crippen LogP contribution is 2.41. The Morgan fingerprint density at radius 2 is 1.91 bits per heavy atom. The highest BCUT2D eigenvalue weighted by molar-refractivity contribution is 9.09. The molecule has 0 spiro atoms. The van der Waals surface area contributed by atoms with Crippen molar-refractivity contribution in [2.24, 2.45) is 5.92 Å². The van der Waals surface area contributed by atoms with E-state index in [4.69, 9.17) is 9.31 Å². The zero-order chi connectivity index (χ0) is 16.4. The van der Waals surface area contributed by atoms with Crippen molar-refractivity contribution in [2.75, 3.05) is 18.4 Å². The van der Waals surface area contributed by atoms with E-state index >= 15 is 4.39 Å². The van der Waals surface area contributed by atoms with Crippen LogP contribution in [0.5, 0.6) is 0 Å². The molecule has 1 N–H and O–H groups in total. The Hall–Kier alpha value is 0.0949. The molecule has 126 valence electrons. The van der Waals surface area contributed by atoms with Crippen molar-refractivity contribution in [2.45, 2.75) is 64.6 Å². The van der Waals surface area contributed by atoms with E-state index in [2.05, 4.69) is 21.2 Å². The molecule has 1 saturated heterocycles. The fraction of sp³-hybridized carbons (Fsp3) is 0.875. The highest BCUT2D eigenvalue weighted by Gasteiger charge is 2.53. The van der Waals surface area contributed by atoms with Gasteiger partial charge in [-0.3, -0.25) is 0 Å². The fourth-order valence-electron chi connectivity index (χ4n) is 3.07. The fourth-order valence-corrected chi connectivity index (χ4v) is 3.35. The zero-order valence-corrected chi connectivity index (χ0v) is 15.8. The molecule has 1 saturated carbocycles.